The molecule has 2 aliphatic rings. The number of thioether (sulfide) groups is 2. The van der Waals surface area contributed by atoms with Crippen molar-refractivity contribution in [1.29, 1.82) is 0 Å². The Kier molecular flexibility index (Phi) is 6.47. The number of hydrogen-bond donors (Lipinski definition) is 0. The van der Waals surface area contributed by atoms with Gasteiger partial charge < -0.3 is 19.3 Å². The summed E-state index contributed by atoms with van der Waals surface area (Å²) in [7, 11) is 0. The van der Waals surface area contributed by atoms with Crippen molar-refractivity contribution in [2.75, 3.05) is 35.8 Å². The van der Waals surface area contributed by atoms with Gasteiger partial charge in [0.05, 0.1) is 16.3 Å². The zero-order valence-corrected chi connectivity index (χ0v) is 22.5. The smallest absolute Gasteiger partial charge is 0.161 e. The Morgan fingerprint density at radius 1 is 0.788 bits per heavy atom. The summed E-state index contributed by atoms with van der Waals surface area (Å²) < 4.78 is 13.4. The highest BCUT2D eigenvalue weighted by Gasteiger charge is 2.28. The lowest BCUT2D eigenvalue weighted by Crippen LogP contribution is -2.35. The first-order chi connectivity index (χ1) is 16.0. The minimum atomic E-state index is 0.538. The first-order valence-corrected chi connectivity index (χ1v) is 14.1. The number of nitrogens with zero attached hydrogens (tertiary/aromatic N) is 2. The molecule has 33 heavy (non-hydrogen) atoms. The molecule has 172 valence electrons. The lowest BCUT2D eigenvalue weighted by molar-refractivity contribution is 0.285. The highest BCUT2D eigenvalue weighted by Crippen LogP contribution is 2.48. The van der Waals surface area contributed by atoms with Gasteiger partial charge in [-0.25, -0.2) is 0 Å². The van der Waals surface area contributed by atoms with Crippen LogP contribution >= 0.6 is 39.5 Å². The number of fused-ring (bicyclic) bond motifs is 2. The van der Waals surface area contributed by atoms with Crippen LogP contribution in [0.1, 0.15) is 22.3 Å². The van der Waals surface area contributed by atoms with Gasteiger partial charge in [0, 0.05) is 33.6 Å². The molecule has 0 aromatic heterocycles. The van der Waals surface area contributed by atoms with Gasteiger partial charge in [-0.2, -0.15) is 0 Å². The summed E-state index contributed by atoms with van der Waals surface area (Å²) in [5.74, 6) is 1.96. The van der Waals surface area contributed by atoms with Crippen molar-refractivity contribution in [3.8, 4) is 11.5 Å². The van der Waals surface area contributed by atoms with Gasteiger partial charge >= 0.3 is 0 Å². The van der Waals surface area contributed by atoms with Gasteiger partial charge in [0.1, 0.15) is 11.5 Å². The summed E-state index contributed by atoms with van der Waals surface area (Å²) in [5.41, 5.74) is 7.47. The van der Waals surface area contributed by atoms with Crippen molar-refractivity contribution in [3.63, 3.8) is 0 Å². The van der Waals surface area contributed by atoms with Gasteiger partial charge in [-0.3, -0.25) is 0 Å². The molecule has 3 aromatic carbocycles. The molecule has 0 unspecified atom stereocenters. The van der Waals surface area contributed by atoms with E-state index in [1.54, 1.807) is 23.5 Å². The third-order valence-electron chi connectivity index (χ3n) is 6.15. The van der Waals surface area contributed by atoms with Crippen molar-refractivity contribution in [2.24, 2.45) is 0 Å². The molecule has 5 rings (SSSR count). The fourth-order valence-corrected chi connectivity index (χ4v) is 6.76. The van der Waals surface area contributed by atoms with Crippen LogP contribution < -0.4 is 19.3 Å². The highest BCUT2D eigenvalue weighted by atomic mass is 79.9. The molecular weight excluding hydrogens is 516 g/mol. The third-order valence-corrected chi connectivity index (χ3v) is 8.19. The van der Waals surface area contributed by atoms with Crippen molar-refractivity contribution in [2.45, 2.75) is 36.7 Å². The maximum atomic E-state index is 6.17. The van der Waals surface area contributed by atoms with Gasteiger partial charge in [-0.1, -0.05) is 33.6 Å². The average Bonchev–Trinajstić information content (AvgIpc) is 2.82. The summed E-state index contributed by atoms with van der Waals surface area (Å²) in [4.78, 5) is 7.28. The summed E-state index contributed by atoms with van der Waals surface area (Å²) in [6.45, 7) is 7.09. The van der Waals surface area contributed by atoms with Crippen molar-refractivity contribution in [3.05, 3.63) is 69.2 Å². The van der Waals surface area contributed by atoms with Gasteiger partial charge in [0.25, 0.3) is 0 Å². The SMILES string of the molecule is CSc1cc(C)c(N2COc3ccc(C)cc3C2)c(SC)c1N1COc2ccc(Br)cc2C1. The summed E-state index contributed by atoms with van der Waals surface area (Å²) in [6.07, 6.45) is 4.32. The zero-order chi connectivity index (χ0) is 23.1. The number of anilines is 2. The molecule has 0 atom stereocenters. The maximum Gasteiger partial charge on any atom is 0.161 e. The van der Waals surface area contributed by atoms with E-state index in [0.29, 0.717) is 13.5 Å². The molecule has 0 N–H and O–H groups in total. The molecule has 4 nitrogen and oxygen atoms in total. The van der Waals surface area contributed by atoms with E-state index < -0.39 is 0 Å². The van der Waals surface area contributed by atoms with Crippen molar-refractivity contribution < 1.29 is 9.47 Å². The van der Waals surface area contributed by atoms with Crippen LogP contribution in [0.5, 0.6) is 11.5 Å². The first kappa shape index (κ1) is 22.8. The molecule has 0 aliphatic carbocycles. The molecule has 2 heterocycles. The predicted molar refractivity (Wildman–Crippen MR) is 143 cm³/mol. The molecule has 0 fully saturated rings. The van der Waals surface area contributed by atoms with Crippen LogP contribution in [0.3, 0.4) is 0 Å². The molecular formula is C26H27BrN2O2S2. The standard InChI is InChI=1S/C26H27BrN2O2S2/c1-16-5-7-21-18(9-16)12-28(14-30-21)24-17(2)10-23(32-3)25(26(24)33-4)29-13-19-11-20(27)6-8-22(19)31-15-29/h5-11H,12-15H2,1-4H3. The number of rotatable bonds is 4. The van der Waals surface area contributed by atoms with E-state index in [-0.39, 0.29) is 0 Å². The molecule has 7 heteroatoms. The van der Waals surface area contributed by atoms with E-state index >= 15 is 0 Å². The zero-order valence-electron chi connectivity index (χ0n) is 19.3. The molecule has 0 radical (unpaired) electrons. The summed E-state index contributed by atoms with van der Waals surface area (Å²) in [6, 6.07) is 15.0. The largest absolute Gasteiger partial charge is 0.473 e. The van der Waals surface area contributed by atoms with E-state index in [4.69, 9.17) is 9.47 Å². The quantitative estimate of drug-likeness (QED) is 0.322. The van der Waals surface area contributed by atoms with Gasteiger partial charge in [0.15, 0.2) is 13.5 Å². The Hall–Kier alpha value is -1.96. The fourth-order valence-electron chi connectivity index (χ4n) is 4.65. The van der Waals surface area contributed by atoms with Crippen LogP contribution in [-0.4, -0.2) is 26.0 Å². The Morgan fingerprint density at radius 3 is 2.09 bits per heavy atom. The van der Waals surface area contributed by atoms with E-state index in [2.05, 4.69) is 82.4 Å². The summed E-state index contributed by atoms with van der Waals surface area (Å²) >= 11 is 7.21. The van der Waals surface area contributed by atoms with Crippen LogP contribution in [0.25, 0.3) is 0 Å². The van der Waals surface area contributed by atoms with Gasteiger partial charge in [-0.15, -0.1) is 23.5 Å². The van der Waals surface area contributed by atoms with Crippen LogP contribution in [0.2, 0.25) is 0 Å². The lowest BCUT2D eigenvalue weighted by atomic mass is 10.1. The molecule has 0 bridgehead atoms. The van der Waals surface area contributed by atoms with E-state index in [1.165, 1.54) is 43.4 Å². The number of benzene rings is 3. The van der Waals surface area contributed by atoms with Gasteiger partial charge in [-0.05, 0) is 62.3 Å². The van der Waals surface area contributed by atoms with E-state index in [1.807, 2.05) is 12.1 Å². The number of halogens is 1. The second-order valence-corrected chi connectivity index (χ2v) is 11.0. The average molecular weight is 544 g/mol. The Balaban J connectivity index is 1.57. The first-order valence-electron chi connectivity index (χ1n) is 10.9. The molecule has 2 aliphatic heterocycles. The number of aryl methyl sites for hydroxylation is 2. The molecule has 0 saturated heterocycles. The monoisotopic (exact) mass is 542 g/mol. The van der Waals surface area contributed by atoms with Crippen molar-refractivity contribution in [1.82, 2.24) is 0 Å². The van der Waals surface area contributed by atoms with E-state index in [9.17, 15) is 0 Å². The molecule has 0 saturated carbocycles. The lowest BCUT2D eigenvalue weighted by Gasteiger charge is -2.37. The second-order valence-electron chi connectivity index (χ2n) is 8.43. The summed E-state index contributed by atoms with van der Waals surface area (Å²) in [5, 5.41) is 0. The minimum absolute atomic E-state index is 0.538. The predicted octanol–water partition coefficient (Wildman–Crippen LogP) is 7.22. The minimum Gasteiger partial charge on any atom is -0.473 e. The third kappa shape index (κ3) is 4.31. The molecule has 3 aromatic rings. The number of hydrogen-bond acceptors (Lipinski definition) is 6. The normalized spacial score (nSPS) is 14.9. The molecule has 0 amide bonds. The Labute approximate surface area is 212 Å². The molecule has 0 spiro atoms. The maximum absolute atomic E-state index is 6.17. The van der Waals surface area contributed by atoms with Crippen LogP contribution in [0.4, 0.5) is 11.4 Å². The second kappa shape index (κ2) is 9.35. The number of ether oxygens (including phenoxy) is 2. The Bertz CT molecular complexity index is 1220. The topological polar surface area (TPSA) is 24.9 Å². The van der Waals surface area contributed by atoms with E-state index in [0.717, 1.165) is 29.1 Å². The van der Waals surface area contributed by atoms with Crippen LogP contribution in [-0.2, 0) is 13.1 Å². The highest BCUT2D eigenvalue weighted by molar-refractivity contribution is 9.10. The van der Waals surface area contributed by atoms with Crippen molar-refractivity contribution >= 4 is 50.8 Å². The Morgan fingerprint density at radius 2 is 1.42 bits per heavy atom. The van der Waals surface area contributed by atoms with Gasteiger partial charge in [0.2, 0.25) is 0 Å². The van der Waals surface area contributed by atoms with Crippen LogP contribution in [0, 0.1) is 13.8 Å². The fraction of sp³-hybridized carbons (Fsp3) is 0.308. The van der Waals surface area contributed by atoms with Crippen LogP contribution in [0.15, 0.2) is 56.7 Å².